The fourth-order valence-corrected chi connectivity index (χ4v) is 7.22. The van der Waals surface area contributed by atoms with Crippen molar-refractivity contribution in [3.63, 3.8) is 0 Å². The Kier molecular flexibility index (Phi) is 10.7. The molecule has 258 valence electrons. The molecule has 0 N–H and O–H groups in total. The van der Waals surface area contributed by atoms with Gasteiger partial charge in [0.1, 0.15) is 5.69 Å². The number of aromatic nitrogens is 1. The molecule has 3 aromatic rings. The van der Waals surface area contributed by atoms with Gasteiger partial charge in [-0.15, -0.1) is 0 Å². The minimum absolute atomic E-state index is 0.199. The van der Waals surface area contributed by atoms with Crippen LogP contribution in [0.1, 0.15) is 111 Å². The zero-order chi connectivity index (χ0) is 35.0. The van der Waals surface area contributed by atoms with Gasteiger partial charge in [0.15, 0.2) is 12.4 Å². The lowest BCUT2D eigenvalue weighted by atomic mass is 9.81. The van der Waals surface area contributed by atoms with E-state index in [1.54, 1.807) is 0 Å². The zero-order valence-corrected chi connectivity index (χ0v) is 31.0. The van der Waals surface area contributed by atoms with Gasteiger partial charge in [0.2, 0.25) is 0 Å². The fourth-order valence-electron chi connectivity index (χ4n) is 6.94. The highest BCUT2D eigenvalue weighted by Gasteiger charge is 2.38. The highest BCUT2D eigenvalue weighted by Crippen LogP contribution is 2.45. The first kappa shape index (κ1) is 36.0. The second-order valence-electron chi connectivity index (χ2n) is 15.6. The van der Waals surface area contributed by atoms with Crippen LogP contribution in [0.25, 0.3) is 11.1 Å². The van der Waals surface area contributed by atoms with Crippen LogP contribution in [0.15, 0.2) is 36.4 Å². The third-order valence-electron chi connectivity index (χ3n) is 9.59. The molecule has 2 aliphatic rings. The minimum atomic E-state index is -1.01. The van der Waals surface area contributed by atoms with Crippen LogP contribution in [0.5, 0.6) is 0 Å². The van der Waals surface area contributed by atoms with E-state index in [2.05, 4.69) is 54.8 Å². The van der Waals surface area contributed by atoms with Gasteiger partial charge in [0.25, 0.3) is 0 Å². The zero-order valence-electron chi connectivity index (χ0n) is 30.2. The van der Waals surface area contributed by atoms with E-state index in [0.29, 0.717) is 17.0 Å². The molecule has 8 heteroatoms. The van der Waals surface area contributed by atoms with E-state index in [0.717, 1.165) is 80.1 Å². The van der Waals surface area contributed by atoms with Crippen LogP contribution in [0.3, 0.4) is 0 Å². The number of piperidine rings is 1. The standard InChI is InChI=1S/C40H52ClN3O4/c1-25(2)47-38(46)37(48-39(5,6)7)34-27(4)42-33(24-45)35(36(34)44-19-16-40(8,9)17-20-44)29-13-14-30-22-43(18-15-28(30)21-29)23-31-26(3)11-10-12-32(31)41/h10-14,21,24-25,37H,15-20,22-23H2,1-9H3. The molecule has 0 amide bonds. The number of fused-ring (bicyclic) bond motifs is 1. The van der Waals surface area contributed by atoms with Crippen LogP contribution in [0, 0.1) is 19.3 Å². The number of hydrogen-bond donors (Lipinski definition) is 0. The highest BCUT2D eigenvalue weighted by atomic mass is 35.5. The summed E-state index contributed by atoms with van der Waals surface area (Å²) in [6.45, 7) is 22.2. The topological polar surface area (TPSA) is 72.0 Å². The fraction of sp³-hybridized carbons (Fsp3) is 0.525. The van der Waals surface area contributed by atoms with Gasteiger partial charge in [0, 0.05) is 54.6 Å². The van der Waals surface area contributed by atoms with Gasteiger partial charge in [-0.05, 0) is 107 Å². The predicted molar refractivity (Wildman–Crippen MR) is 194 cm³/mol. The summed E-state index contributed by atoms with van der Waals surface area (Å²) >= 11 is 6.58. The van der Waals surface area contributed by atoms with E-state index in [-0.39, 0.29) is 11.5 Å². The average Bonchev–Trinajstić information content (AvgIpc) is 3.00. The Bertz CT molecular complexity index is 1650. The number of hydrogen-bond acceptors (Lipinski definition) is 7. The number of anilines is 1. The van der Waals surface area contributed by atoms with E-state index >= 15 is 0 Å². The van der Waals surface area contributed by atoms with Crippen LogP contribution in [-0.4, -0.2) is 53.5 Å². The molecule has 2 aliphatic heterocycles. The van der Waals surface area contributed by atoms with E-state index in [1.165, 1.54) is 22.3 Å². The molecule has 0 spiro atoms. The first-order chi connectivity index (χ1) is 22.6. The molecule has 1 atom stereocenters. The number of esters is 1. The first-order valence-corrected chi connectivity index (χ1v) is 17.7. The number of ether oxygens (including phenoxy) is 2. The number of aryl methyl sites for hydroxylation is 2. The van der Waals surface area contributed by atoms with Gasteiger partial charge in [0.05, 0.1) is 17.4 Å². The van der Waals surface area contributed by atoms with Crippen molar-refractivity contribution in [1.82, 2.24) is 9.88 Å². The number of carbonyl (C=O) groups excluding carboxylic acids is 2. The number of halogens is 1. The number of aldehydes is 1. The molecule has 0 saturated carbocycles. The number of carbonyl (C=O) groups is 2. The van der Waals surface area contributed by atoms with Crippen LogP contribution in [-0.2, 0) is 33.8 Å². The Balaban J connectivity index is 1.63. The molecule has 1 aromatic heterocycles. The van der Waals surface area contributed by atoms with Crippen LogP contribution < -0.4 is 4.90 Å². The summed E-state index contributed by atoms with van der Waals surface area (Å²) in [5.41, 5.74) is 8.61. The van der Waals surface area contributed by atoms with Gasteiger partial charge < -0.3 is 14.4 Å². The number of nitrogens with zero attached hydrogens (tertiary/aromatic N) is 3. The maximum absolute atomic E-state index is 13.8. The lowest BCUT2D eigenvalue weighted by molar-refractivity contribution is -0.171. The molecule has 3 heterocycles. The summed E-state index contributed by atoms with van der Waals surface area (Å²) in [6, 6.07) is 12.6. The Morgan fingerprint density at radius 3 is 2.40 bits per heavy atom. The predicted octanol–water partition coefficient (Wildman–Crippen LogP) is 8.82. The van der Waals surface area contributed by atoms with Gasteiger partial charge in [-0.2, -0.15) is 0 Å². The van der Waals surface area contributed by atoms with E-state index in [1.807, 2.05) is 53.7 Å². The summed E-state index contributed by atoms with van der Waals surface area (Å²) < 4.78 is 12.3. The summed E-state index contributed by atoms with van der Waals surface area (Å²) in [6.07, 6.45) is 2.36. The first-order valence-electron chi connectivity index (χ1n) is 17.3. The van der Waals surface area contributed by atoms with Crippen molar-refractivity contribution in [3.8, 4) is 11.1 Å². The molecule has 1 saturated heterocycles. The summed E-state index contributed by atoms with van der Waals surface area (Å²) in [7, 11) is 0. The van der Waals surface area contributed by atoms with Crippen molar-refractivity contribution < 1.29 is 19.1 Å². The lowest BCUT2D eigenvalue weighted by Crippen LogP contribution is -2.39. The van der Waals surface area contributed by atoms with Crippen molar-refractivity contribution in [2.24, 2.45) is 5.41 Å². The molecule has 0 aliphatic carbocycles. The summed E-state index contributed by atoms with van der Waals surface area (Å²) in [5.74, 6) is -0.451. The largest absolute Gasteiger partial charge is 0.461 e. The van der Waals surface area contributed by atoms with Gasteiger partial charge >= 0.3 is 5.97 Å². The number of rotatable bonds is 9. The second kappa shape index (κ2) is 14.3. The monoisotopic (exact) mass is 673 g/mol. The second-order valence-corrected chi connectivity index (χ2v) is 16.0. The smallest absolute Gasteiger partial charge is 0.340 e. The lowest BCUT2D eigenvalue weighted by Gasteiger charge is -2.41. The number of benzene rings is 2. The van der Waals surface area contributed by atoms with E-state index < -0.39 is 17.7 Å². The van der Waals surface area contributed by atoms with Crippen molar-refractivity contribution in [3.05, 3.63) is 80.6 Å². The molecular weight excluding hydrogens is 622 g/mol. The Hall–Kier alpha value is -3.26. The molecule has 1 fully saturated rings. The maximum Gasteiger partial charge on any atom is 0.340 e. The van der Waals surface area contributed by atoms with E-state index in [9.17, 15) is 9.59 Å². The average molecular weight is 674 g/mol. The third kappa shape index (κ3) is 8.12. The molecule has 1 unspecified atom stereocenters. The Morgan fingerprint density at radius 1 is 1.06 bits per heavy atom. The maximum atomic E-state index is 13.8. The normalized spacial score (nSPS) is 17.3. The summed E-state index contributed by atoms with van der Waals surface area (Å²) in [4.78, 5) is 36.3. The molecule has 0 bridgehead atoms. The molecule has 7 nitrogen and oxygen atoms in total. The quantitative estimate of drug-likeness (QED) is 0.166. The minimum Gasteiger partial charge on any atom is -0.461 e. The van der Waals surface area contributed by atoms with Gasteiger partial charge in [-0.3, -0.25) is 9.69 Å². The van der Waals surface area contributed by atoms with Crippen molar-refractivity contribution >= 4 is 29.5 Å². The molecule has 48 heavy (non-hydrogen) atoms. The van der Waals surface area contributed by atoms with Crippen molar-refractivity contribution in [2.75, 3.05) is 24.5 Å². The van der Waals surface area contributed by atoms with Gasteiger partial charge in [-0.1, -0.05) is 55.8 Å². The van der Waals surface area contributed by atoms with E-state index in [4.69, 9.17) is 26.1 Å². The number of pyridine rings is 1. The Morgan fingerprint density at radius 2 is 1.77 bits per heavy atom. The summed E-state index contributed by atoms with van der Waals surface area (Å²) in [5, 5.41) is 0.805. The molecule has 0 radical (unpaired) electrons. The molecule has 2 aromatic carbocycles. The third-order valence-corrected chi connectivity index (χ3v) is 9.95. The van der Waals surface area contributed by atoms with Crippen LogP contribution in [0.2, 0.25) is 5.02 Å². The van der Waals surface area contributed by atoms with Crippen molar-refractivity contribution in [1.29, 1.82) is 0 Å². The van der Waals surface area contributed by atoms with Crippen LogP contribution in [0.4, 0.5) is 5.69 Å². The van der Waals surface area contributed by atoms with Gasteiger partial charge in [-0.25, -0.2) is 9.78 Å². The van der Waals surface area contributed by atoms with Crippen molar-refractivity contribution in [2.45, 2.75) is 112 Å². The highest BCUT2D eigenvalue weighted by molar-refractivity contribution is 6.31. The molecule has 5 rings (SSSR count). The SMILES string of the molecule is Cc1cccc(Cl)c1CN1CCc2cc(-c3c(C=O)nc(C)c(C(OC(C)(C)C)C(=O)OC(C)C)c3N3CCC(C)(C)CC3)ccc2C1. The Labute approximate surface area is 292 Å². The molecular formula is C40H52ClN3O4. The van der Waals surface area contributed by atoms with Crippen LogP contribution >= 0.6 is 11.6 Å².